The van der Waals surface area contributed by atoms with Crippen molar-refractivity contribution in [2.24, 2.45) is 0 Å². The number of hydrogen-bond acceptors (Lipinski definition) is 4. The molecule has 0 N–H and O–H groups in total. The summed E-state index contributed by atoms with van der Waals surface area (Å²) < 4.78 is 16.8. The van der Waals surface area contributed by atoms with E-state index < -0.39 is 5.79 Å². The maximum Gasteiger partial charge on any atom is 0.328 e. The molecule has 1 saturated heterocycles. The predicted octanol–water partition coefficient (Wildman–Crippen LogP) is 2.01. The number of rotatable bonds is 5. The molecule has 0 spiro atoms. The van der Waals surface area contributed by atoms with E-state index in [1.165, 1.54) is 0 Å². The van der Waals surface area contributed by atoms with Crippen LogP contribution in [0.2, 0.25) is 0 Å². The first-order valence-corrected chi connectivity index (χ1v) is 6.69. The van der Waals surface area contributed by atoms with Crippen molar-refractivity contribution in [3.63, 3.8) is 0 Å². The van der Waals surface area contributed by atoms with Crippen molar-refractivity contribution >= 4 is 12.0 Å². The Balaban J connectivity index is 2.06. The average Bonchev–Trinajstić information content (AvgIpc) is 2.77. The number of ether oxygens (including phenoxy) is 3. The number of hydrogen-bond donors (Lipinski definition) is 0. The van der Waals surface area contributed by atoms with Gasteiger partial charge in [0.05, 0.1) is 6.61 Å². The van der Waals surface area contributed by atoms with Crippen molar-refractivity contribution in [1.29, 1.82) is 0 Å². The molecule has 1 atom stereocenters. The minimum atomic E-state index is -0.585. The summed E-state index contributed by atoms with van der Waals surface area (Å²) in [5.74, 6) is -0.360. The van der Waals surface area contributed by atoms with Crippen molar-refractivity contribution in [3.8, 4) is 5.75 Å². The summed E-state index contributed by atoms with van der Waals surface area (Å²) in [5.41, 5.74) is 9.58. The molecule has 1 aromatic rings. The highest BCUT2D eigenvalue weighted by atomic mass is 16.7. The lowest BCUT2D eigenvalue weighted by Gasteiger charge is -2.18. The Hall–Kier alpha value is -2.01. The van der Waals surface area contributed by atoms with Gasteiger partial charge in [0.1, 0.15) is 18.5 Å². The molecule has 1 aliphatic rings. The topological polar surface area (TPSA) is 81.2 Å². The van der Waals surface area contributed by atoms with Gasteiger partial charge in [0.25, 0.3) is 5.78 Å². The third-order valence-electron chi connectivity index (χ3n) is 3.22. The van der Waals surface area contributed by atoms with Crippen LogP contribution in [0, 0.1) is 6.92 Å². The summed E-state index contributed by atoms with van der Waals surface area (Å²) in [4.78, 5) is 14.5. The number of nitrogens with zero attached hydrogens (tertiary/aromatic N) is 2. The van der Waals surface area contributed by atoms with Crippen LogP contribution in [-0.2, 0) is 9.47 Å². The van der Waals surface area contributed by atoms with Crippen molar-refractivity contribution in [3.05, 3.63) is 34.9 Å². The second-order valence-corrected chi connectivity index (χ2v) is 5.30. The first kappa shape index (κ1) is 15.4. The van der Waals surface area contributed by atoms with Gasteiger partial charge in [0.2, 0.25) is 0 Å². The highest BCUT2D eigenvalue weighted by molar-refractivity contribution is 6.34. The van der Waals surface area contributed by atoms with Gasteiger partial charge in [-0.1, -0.05) is 12.1 Å². The van der Waals surface area contributed by atoms with Gasteiger partial charge in [-0.2, -0.15) is 4.79 Å². The second-order valence-electron chi connectivity index (χ2n) is 5.30. The molecule has 0 aromatic heterocycles. The smallest absolute Gasteiger partial charge is 0.328 e. The lowest BCUT2D eigenvalue weighted by molar-refractivity contribution is -0.141. The zero-order valence-corrected chi connectivity index (χ0v) is 12.3. The average molecular weight is 290 g/mol. The molecule has 1 aliphatic heterocycles. The van der Waals surface area contributed by atoms with E-state index in [1.807, 2.05) is 13.8 Å². The van der Waals surface area contributed by atoms with Gasteiger partial charge in [-0.15, -0.1) is 0 Å². The lowest BCUT2D eigenvalue weighted by atomic mass is 10.0. The molecule has 1 heterocycles. The van der Waals surface area contributed by atoms with Crippen LogP contribution in [0.4, 0.5) is 0 Å². The molecule has 2 rings (SSSR count). The van der Waals surface area contributed by atoms with Crippen LogP contribution < -0.4 is 4.74 Å². The monoisotopic (exact) mass is 290 g/mol. The van der Waals surface area contributed by atoms with E-state index >= 15 is 0 Å². The largest absolute Gasteiger partial charge is 0.490 e. The Kier molecular flexibility index (Phi) is 4.53. The van der Waals surface area contributed by atoms with Gasteiger partial charge >= 0.3 is 6.21 Å². The van der Waals surface area contributed by atoms with E-state index in [1.54, 1.807) is 25.1 Å². The fourth-order valence-corrected chi connectivity index (χ4v) is 2.19. The van der Waals surface area contributed by atoms with Gasteiger partial charge in [-0.05, 0) is 26.8 Å². The SMILES string of the molecule is Cc1c(OCC2COC(C)(C)O2)cccc1C(=O)C=[N+]=[N-]. The molecule has 112 valence electrons. The molecule has 6 nitrogen and oxygen atoms in total. The maximum atomic E-state index is 11.8. The minimum absolute atomic E-state index is 0.141. The Morgan fingerprint density at radius 2 is 2.33 bits per heavy atom. The van der Waals surface area contributed by atoms with E-state index in [9.17, 15) is 4.79 Å². The van der Waals surface area contributed by atoms with Crippen LogP contribution >= 0.6 is 0 Å². The molecule has 0 bridgehead atoms. The first-order valence-electron chi connectivity index (χ1n) is 6.69. The van der Waals surface area contributed by atoms with E-state index in [-0.39, 0.29) is 11.9 Å². The Morgan fingerprint density at radius 3 is 2.95 bits per heavy atom. The summed E-state index contributed by atoms with van der Waals surface area (Å²) >= 11 is 0. The van der Waals surface area contributed by atoms with Crippen molar-refractivity contribution in [2.45, 2.75) is 32.7 Å². The first-order chi connectivity index (χ1) is 9.93. The van der Waals surface area contributed by atoms with E-state index in [0.29, 0.717) is 30.1 Å². The van der Waals surface area contributed by atoms with Gasteiger partial charge in [0.15, 0.2) is 5.79 Å². The third-order valence-corrected chi connectivity index (χ3v) is 3.22. The van der Waals surface area contributed by atoms with Crippen LogP contribution in [0.5, 0.6) is 5.75 Å². The molecule has 1 fully saturated rings. The third kappa shape index (κ3) is 3.76. The van der Waals surface area contributed by atoms with Crippen molar-refractivity contribution < 1.29 is 23.8 Å². The molecule has 6 heteroatoms. The fraction of sp³-hybridized carbons (Fsp3) is 0.467. The molecule has 0 radical (unpaired) electrons. The fourth-order valence-electron chi connectivity index (χ4n) is 2.19. The van der Waals surface area contributed by atoms with Gasteiger partial charge < -0.3 is 19.7 Å². The standard InChI is InChI=1S/C15H18N2O4/c1-10-12(13(18)7-17-16)5-4-6-14(10)19-8-11-9-20-15(2,3)21-11/h4-7,11H,8-9H2,1-3H3. The normalized spacial score (nSPS) is 19.9. The van der Waals surface area contributed by atoms with Gasteiger partial charge in [0, 0.05) is 11.1 Å². The summed E-state index contributed by atoms with van der Waals surface area (Å²) in [6.07, 6.45) is 0.723. The molecule has 0 aliphatic carbocycles. The summed E-state index contributed by atoms with van der Waals surface area (Å²) in [6, 6.07) is 5.16. The second kappa shape index (κ2) is 6.18. The molecule has 1 aromatic carbocycles. The zero-order chi connectivity index (χ0) is 15.5. The van der Waals surface area contributed by atoms with Crippen molar-refractivity contribution in [1.82, 2.24) is 0 Å². The highest BCUT2D eigenvalue weighted by Crippen LogP contribution is 2.25. The molecule has 0 saturated carbocycles. The van der Waals surface area contributed by atoms with Crippen LogP contribution in [0.15, 0.2) is 18.2 Å². The molecular weight excluding hydrogens is 272 g/mol. The highest BCUT2D eigenvalue weighted by Gasteiger charge is 2.33. The van der Waals surface area contributed by atoms with E-state index in [2.05, 4.69) is 4.79 Å². The maximum absolute atomic E-state index is 11.8. The van der Waals surface area contributed by atoms with E-state index in [4.69, 9.17) is 19.7 Å². The van der Waals surface area contributed by atoms with Crippen molar-refractivity contribution in [2.75, 3.05) is 13.2 Å². The summed E-state index contributed by atoms with van der Waals surface area (Å²) in [7, 11) is 0. The summed E-state index contributed by atoms with van der Waals surface area (Å²) in [5, 5.41) is 0. The van der Waals surface area contributed by atoms with Gasteiger partial charge in [-0.25, -0.2) is 0 Å². The Bertz CT molecular complexity index is 591. The van der Waals surface area contributed by atoms with E-state index in [0.717, 1.165) is 6.21 Å². The predicted molar refractivity (Wildman–Crippen MR) is 75.6 cm³/mol. The lowest BCUT2D eigenvalue weighted by Crippen LogP contribution is -2.25. The number of Topliss-reactive ketones (excluding diaryl/α,β-unsaturated/α-hetero) is 1. The van der Waals surface area contributed by atoms with Crippen LogP contribution in [-0.4, -0.2) is 41.9 Å². The minimum Gasteiger partial charge on any atom is -0.490 e. The Labute approximate surface area is 123 Å². The number of ketones is 1. The quantitative estimate of drug-likeness (QED) is 0.359. The number of carbonyl (C=O) groups is 1. The molecule has 1 unspecified atom stereocenters. The zero-order valence-electron chi connectivity index (χ0n) is 12.3. The van der Waals surface area contributed by atoms with Gasteiger partial charge in [-0.3, -0.25) is 4.79 Å². The summed E-state index contributed by atoms with van der Waals surface area (Å²) in [6.45, 7) is 6.30. The number of benzene rings is 1. The molecular formula is C15H18N2O4. The van der Waals surface area contributed by atoms with Crippen LogP contribution in [0.3, 0.4) is 0 Å². The Morgan fingerprint density at radius 1 is 1.57 bits per heavy atom. The molecule has 21 heavy (non-hydrogen) atoms. The van der Waals surface area contributed by atoms with Crippen LogP contribution in [0.1, 0.15) is 29.8 Å². The van der Waals surface area contributed by atoms with Crippen LogP contribution in [0.25, 0.3) is 5.53 Å². The molecule has 0 amide bonds. The number of carbonyl (C=O) groups excluding carboxylic acids is 1.